The van der Waals surface area contributed by atoms with E-state index in [4.69, 9.17) is 5.11 Å². The summed E-state index contributed by atoms with van der Waals surface area (Å²) in [5.74, 6) is -0.718. The molecule has 1 fully saturated rings. The number of carbonyl (C=O) groups is 1. The van der Waals surface area contributed by atoms with Gasteiger partial charge in [-0.3, -0.25) is 4.79 Å². The van der Waals surface area contributed by atoms with Gasteiger partial charge in [0.2, 0.25) is 0 Å². The van der Waals surface area contributed by atoms with E-state index in [1.54, 1.807) is 13.8 Å². The van der Waals surface area contributed by atoms with Gasteiger partial charge >= 0.3 is 5.97 Å². The molecule has 0 aromatic carbocycles. The van der Waals surface area contributed by atoms with Gasteiger partial charge in [0.05, 0.1) is 0 Å². The SMILES string of the molecule is CC(C)NS(=O)(=O)N1CCC(CC(=O)O)CC1. The third-order valence-corrected chi connectivity index (χ3v) is 4.58. The van der Waals surface area contributed by atoms with Crippen LogP contribution in [0.5, 0.6) is 0 Å². The van der Waals surface area contributed by atoms with Crippen molar-refractivity contribution in [1.29, 1.82) is 0 Å². The van der Waals surface area contributed by atoms with E-state index in [0.717, 1.165) is 0 Å². The maximum Gasteiger partial charge on any atom is 0.303 e. The standard InChI is InChI=1S/C10H20N2O4S/c1-8(2)11-17(15,16)12-5-3-9(4-6-12)7-10(13)14/h8-9,11H,3-7H2,1-2H3,(H,13,14). The molecule has 7 heteroatoms. The summed E-state index contributed by atoms with van der Waals surface area (Å²) in [7, 11) is -3.40. The number of hydrogen-bond donors (Lipinski definition) is 2. The molecule has 1 heterocycles. The summed E-state index contributed by atoms with van der Waals surface area (Å²) in [6, 6.07) is -0.128. The topological polar surface area (TPSA) is 86.7 Å². The second kappa shape index (κ2) is 5.79. The number of rotatable bonds is 5. The van der Waals surface area contributed by atoms with Gasteiger partial charge in [0.1, 0.15) is 0 Å². The number of nitrogens with zero attached hydrogens (tertiary/aromatic N) is 1. The molecule has 0 radical (unpaired) electrons. The molecule has 0 atom stereocenters. The Morgan fingerprint density at radius 1 is 1.41 bits per heavy atom. The molecule has 0 spiro atoms. The van der Waals surface area contributed by atoms with Gasteiger partial charge in [0.25, 0.3) is 10.2 Å². The lowest BCUT2D eigenvalue weighted by molar-refractivity contribution is -0.138. The largest absolute Gasteiger partial charge is 0.481 e. The molecule has 0 bridgehead atoms. The fourth-order valence-electron chi connectivity index (χ4n) is 1.97. The van der Waals surface area contributed by atoms with Gasteiger partial charge < -0.3 is 5.11 Å². The lowest BCUT2D eigenvalue weighted by Crippen LogP contribution is -2.47. The molecule has 0 aromatic heterocycles. The van der Waals surface area contributed by atoms with E-state index >= 15 is 0 Å². The number of carboxylic acids is 1. The van der Waals surface area contributed by atoms with E-state index < -0.39 is 16.2 Å². The van der Waals surface area contributed by atoms with Gasteiger partial charge in [0, 0.05) is 25.6 Å². The van der Waals surface area contributed by atoms with Crippen molar-refractivity contribution in [3.05, 3.63) is 0 Å². The van der Waals surface area contributed by atoms with Crippen LogP contribution in [0.15, 0.2) is 0 Å². The fourth-order valence-corrected chi connectivity index (χ4v) is 3.41. The first-order chi connectivity index (χ1) is 7.81. The van der Waals surface area contributed by atoms with E-state index in [-0.39, 0.29) is 18.4 Å². The summed E-state index contributed by atoms with van der Waals surface area (Å²) < 4.78 is 27.6. The molecule has 0 saturated carbocycles. The van der Waals surface area contributed by atoms with Crippen LogP contribution < -0.4 is 4.72 Å². The van der Waals surface area contributed by atoms with Crippen LogP contribution in [0.1, 0.15) is 33.1 Å². The zero-order valence-electron chi connectivity index (χ0n) is 10.2. The fraction of sp³-hybridized carbons (Fsp3) is 0.900. The number of piperidine rings is 1. The second-order valence-electron chi connectivity index (χ2n) is 4.72. The van der Waals surface area contributed by atoms with E-state index in [2.05, 4.69) is 4.72 Å². The van der Waals surface area contributed by atoms with Crippen molar-refractivity contribution in [1.82, 2.24) is 9.03 Å². The zero-order valence-corrected chi connectivity index (χ0v) is 11.0. The van der Waals surface area contributed by atoms with Crippen LogP contribution in [-0.2, 0) is 15.0 Å². The van der Waals surface area contributed by atoms with Gasteiger partial charge in [-0.2, -0.15) is 17.4 Å². The van der Waals surface area contributed by atoms with Crippen molar-refractivity contribution in [2.75, 3.05) is 13.1 Å². The van der Waals surface area contributed by atoms with E-state index in [9.17, 15) is 13.2 Å². The summed E-state index contributed by atoms with van der Waals surface area (Å²) in [5, 5.41) is 8.67. The van der Waals surface area contributed by atoms with Crippen LogP contribution >= 0.6 is 0 Å². The molecule has 1 aliphatic heterocycles. The van der Waals surface area contributed by atoms with Crippen LogP contribution in [0.4, 0.5) is 0 Å². The Morgan fingerprint density at radius 2 is 1.94 bits per heavy atom. The molecule has 0 unspecified atom stereocenters. The van der Waals surface area contributed by atoms with Crippen molar-refractivity contribution in [2.45, 2.75) is 39.2 Å². The number of carboxylic acid groups (broad SMARTS) is 1. The Morgan fingerprint density at radius 3 is 2.35 bits per heavy atom. The summed E-state index contributed by atoms with van der Waals surface area (Å²) >= 11 is 0. The molecular weight excluding hydrogens is 244 g/mol. The molecule has 100 valence electrons. The van der Waals surface area contributed by atoms with Gasteiger partial charge in [-0.15, -0.1) is 0 Å². The molecule has 17 heavy (non-hydrogen) atoms. The summed E-state index contributed by atoms with van der Waals surface area (Å²) in [6.07, 6.45) is 1.36. The smallest absolute Gasteiger partial charge is 0.303 e. The first kappa shape index (κ1) is 14.4. The number of nitrogens with one attached hydrogen (secondary N) is 1. The average molecular weight is 264 g/mol. The Balaban J connectivity index is 2.49. The maximum absolute atomic E-state index is 11.8. The molecule has 1 rings (SSSR count). The molecule has 0 amide bonds. The van der Waals surface area contributed by atoms with E-state index in [1.165, 1.54) is 4.31 Å². The quantitative estimate of drug-likeness (QED) is 0.753. The lowest BCUT2D eigenvalue weighted by atomic mass is 9.95. The highest BCUT2D eigenvalue weighted by atomic mass is 32.2. The first-order valence-electron chi connectivity index (χ1n) is 5.80. The summed E-state index contributed by atoms with van der Waals surface area (Å²) in [6.45, 7) is 4.35. The highest BCUT2D eigenvalue weighted by Gasteiger charge is 2.28. The Kier molecular flexibility index (Phi) is 4.91. The molecule has 1 saturated heterocycles. The highest BCUT2D eigenvalue weighted by Crippen LogP contribution is 2.21. The predicted molar refractivity (Wildman–Crippen MR) is 63.7 cm³/mol. The molecule has 1 aliphatic rings. The van der Waals surface area contributed by atoms with Crippen LogP contribution in [0, 0.1) is 5.92 Å². The highest BCUT2D eigenvalue weighted by molar-refractivity contribution is 7.87. The third-order valence-electron chi connectivity index (χ3n) is 2.76. The molecule has 0 aromatic rings. The predicted octanol–water partition coefficient (Wildman–Crippen LogP) is 0.416. The van der Waals surface area contributed by atoms with Gasteiger partial charge in [-0.25, -0.2) is 0 Å². The van der Waals surface area contributed by atoms with Crippen molar-refractivity contribution in [3.8, 4) is 0 Å². The first-order valence-corrected chi connectivity index (χ1v) is 7.24. The second-order valence-corrected chi connectivity index (χ2v) is 6.42. The van der Waals surface area contributed by atoms with Crippen molar-refractivity contribution in [3.63, 3.8) is 0 Å². The van der Waals surface area contributed by atoms with Crippen molar-refractivity contribution < 1.29 is 18.3 Å². The summed E-state index contributed by atoms with van der Waals surface area (Å²) in [4.78, 5) is 10.5. The molecular formula is C10H20N2O4S. The number of hydrogen-bond acceptors (Lipinski definition) is 3. The minimum atomic E-state index is -3.40. The zero-order chi connectivity index (χ0) is 13.1. The molecule has 6 nitrogen and oxygen atoms in total. The van der Waals surface area contributed by atoms with E-state index in [0.29, 0.717) is 25.9 Å². The van der Waals surface area contributed by atoms with Gasteiger partial charge in [0.15, 0.2) is 0 Å². The normalized spacial score (nSPS) is 19.7. The van der Waals surface area contributed by atoms with Crippen LogP contribution in [-0.4, -0.2) is 42.9 Å². The monoisotopic (exact) mass is 264 g/mol. The minimum Gasteiger partial charge on any atom is -0.481 e. The maximum atomic E-state index is 11.8. The molecule has 2 N–H and O–H groups in total. The van der Waals surface area contributed by atoms with Crippen LogP contribution in [0.2, 0.25) is 0 Å². The van der Waals surface area contributed by atoms with Crippen LogP contribution in [0.3, 0.4) is 0 Å². The minimum absolute atomic E-state index is 0.0954. The Bertz CT molecular complexity index is 359. The Hall–Kier alpha value is -0.660. The average Bonchev–Trinajstić information content (AvgIpc) is 2.15. The van der Waals surface area contributed by atoms with Gasteiger partial charge in [-0.05, 0) is 32.6 Å². The van der Waals surface area contributed by atoms with E-state index in [1.807, 2.05) is 0 Å². The lowest BCUT2D eigenvalue weighted by Gasteiger charge is -2.31. The van der Waals surface area contributed by atoms with Crippen molar-refractivity contribution in [2.24, 2.45) is 5.92 Å². The van der Waals surface area contributed by atoms with Crippen molar-refractivity contribution >= 4 is 16.2 Å². The number of aliphatic carboxylic acids is 1. The summed E-state index contributed by atoms with van der Waals surface area (Å²) in [5.41, 5.74) is 0. The van der Waals surface area contributed by atoms with Gasteiger partial charge in [-0.1, -0.05) is 0 Å². The third kappa shape index (κ3) is 4.61. The van der Waals surface area contributed by atoms with Crippen LogP contribution in [0.25, 0.3) is 0 Å². The Labute approximate surface area is 102 Å². The molecule has 0 aliphatic carbocycles.